The molecule has 0 atom stereocenters. The van der Waals surface area contributed by atoms with Crippen LogP contribution in [-0.2, 0) is 4.79 Å². The van der Waals surface area contributed by atoms with Crippen molar-refractivity contribution in [2.75, 3.05) is 5.32 Å². The van der Waals surface area contributed by atoms with Crippen LogP contribution >= 0.6 is 12.2 Å². The topological polar surface area (TPSA) is 84.3 Å². The number of carbonyl (C=O) groups excluding carboxylic acids is 1. The summed E-state index contributed by atoms with van der Waals surface area (Å²) in [6.45, 7) is 1.75. The summed E-state index contributed by atoms with van der Waals surface area (Å²) in [6.07, 6.45) is 5.11. The highest BCUT2D eigenvalue weighted by molar-refractivity contribution is 7.80. The molecule has 118 valence electrons. The van der Waals surface area contributed by atoms with Crippen LogP contribution in [-0.4, -0.2) is 15.9 Å². The molecule has 2 rings (SSSR count). The first-order valence-corrected chi connectivity index (χ1v) is 7.72. The number of nitrogens with one attached hydrogen (secondary N) is 2. The summed E-state index contributed by atoms with van der Waals surface area (Å²) in [5, 5.41) is 16.5. The minimum atomic E-state index is -0.446. The zero-order valence-corrected chi connectivity index (χ0v) is 13.2. The average molecular weight is 321 g/mol. The first kappa shape index (κ1) is 16.4. The van der Waals surface area contributed by atoms with Gasteiger partial charge in [0.1, 0.15) is 0 Å². The van der Waals surface area contributed by atoms with E-state index in [4.69, 9.17) is 12.2 Å². The van der Waals surface area contributed by atoms with Crippen LogP contribution < -0.4 is 10.6 Å². The van der Waals surface area contributed by atoms with Crippen molar-refractivity contribution < 1.29 is 9.72 Å². The summed E-state index contributed by atoms with van der Waals surface area (Å²) in [7, 11) is 0. The molecule has 0 radical (unpaired) electrons. The van der Waals surface area contributed by atoms with Gasteiger partial charge in [0, 0.05) is 24.2 Å². The molecular weight excluding hydrogens is 302 g/mol. The maximum atomic E-state index is 11.9. The van der Waals surface area contributed by atoms with Gasteiger partial charge < -0.3 is 10.6 Å². The van der Waals surface area contributed by atoms with E-state index in [1.54, 1.807) is 13.0 Å². The van der Waals surface area contributed by atoms with E-state index in [-0.39, 0.29) is 16.7 Å². The third kappa shape index (κ3) is 4.49. The smallest absolute Gasteiger partial charge is 0.269 e. The number of anilines is 1. The maximum Gasteiger partial charge on any atom is 0.269 e. The fourth-order valence-electron chi connectivity index (χ4n) is 2.71. The molecule has 1 aromatic carbocycles. The van der Waals surface area contributed by atoms with E-state index in [2.05, 4.69) is 10.6 Å². The fourth-order valence-corrected chi connectivity index (χ4v) is 2.93. The Morgan fingerprint density at radius 3 is 2.68 bits per heavy atom. The lowest BCUT2D eigenvalue weighted by Crippen LogP contribution is -2.35. The molecule has 0 aliphatic heterocycles. The molecule has 0 unspecified atom stereocenters. The van der Waals surface area contributed by atoms with Crippen LogP contribution in [0.15, 0.2) is 18.2 Å². The summed E-state index contributed by atoms with van der Waals surface area (Å²) in [5.41, 5.74) is 1.37. The lowest BCUT2D eigenvalue weighted by atomic mass is 10.0. The second-order valence-electron chi connectivity index (χ2n) is 5.61. The Morgan fingerprint density at radius 2 is 2.09 bits per heavy atom. The van der Waals surface area contributed by atoms with Gasteiger partial charge in [-0.1, -0.05) is 12.8 Å². The number of hydrogen-bond donors (Lipinski definition) is 2. The lowest BCUT2D eigenvalue weighted by Gasteiger charge is -2.13. The Balaban J connectivity index is 1.88. The highest BCUT2D eigenvalue weighted by Gasteiger charge is 2.19. The number of nitro groups is 1. The molecule has 7 heteroatoms. The van der Waals surface area contributed by atoms with Crippen LogP contribution in [0.5, 0.6) is 0 Å². The highest BCUT2D eigenvalue weighted by atomic mass is 32.1. The van der Waals surface area contributed by atoms with Crippen LogP contribution in [0, 0.1) is 23.0 Å². The number of nitro benzene ring substituents is 1. The number of nitrogens with zero attached hydrogens (tertiary/aromatic N) is 1. The number of aryl methyl sites for hydroxylation is 1. The van der Waals surface area contributed by atoms with Gasteiger partial charge in [0.2, 0.25) is 5.91 Å². The van der Waals surface area contributed by atoms with E-state index in [0.29, 0.717) is 23.6 Å². The molecule has 1 aliphatic rings. The summed E-state index contributed by atoms with van der Waals surface area (Å²) < 4.78 is 0. The molecule has 1 amide bonds. The van der Waals surface area contributed by atoms with Crippen LogP contribution in [0.3, 0.4) is 0 Å². The zero-order valence-electron chi connectivity index (χ0n) is 12.4. The van der Waals surface area contributed by atoms with Crippen molar-refractivity contribution in [3.63, 3.8) is 0 Å². The van der Waals surface area contributed by atoms with Gasteiger partial charge in [0.05, 0.1) is 4.92 Å². The number of non-ortho nitro benzene ring substituents is 1. The van der Waals surface area contributed by atoms with Crippen molar-refractivity contribution in [2.24, 2.45) is 5.92 Å². The number of amides is 1. The molecule has 1 saturated carbocycles. The van der Waals surface area contributed by atoms with Gasteiger partial charge in [0.25, 0.3) is 5.69 Å². The molecule has 22 heavy (non-hydrogen) atoms. The summed E-state index contributed by atoms with van der Waals surface area (Å²) in [6, 6.07) is 4.45. The third-order valence-electron chi connectivity index (χ3n) is 3.87. The second kappa shape index (κ2) is 7.31. The van der Waals surface area contributed by atoms with Crippen LogP contribution in [0.4, 0.5) is 11.4 Å². The molecule has 0 aromatic heterocycles. The molecule has 6 nitrogen and oxygen atoms in total. The van der Waals surface area contributed by atoms with E-state index in [9.17, 15) is 14.9 Å². The van der Waals surface area contributed by atoms with Crippen molar-refractivity contribution in [3.05, 3.63) is 33.9 Å². The quantitative estimate of drug-likeness (QED) is 0.505. The maximum absolute atomic E-state index is 11.9. The molecule has 0 heterocycles. The minimum absolute atomic E-state index is 0.0271. The van der Waals surface area contributed by atoms with Crippen molar-refractivity contribution in [1.82, 2.24) is 5.32 Å². The molecule has 0 spiro atoms. The van der Waals surface area contributed by atoms with Gasteiger partial charge in [0.15, 0.2) is 5.11 Å². The first-order valence-electron chi connectivity index (χ1n) is 7.31. The van der Waals surface area contributed by atoms with Gasteiger partial charge in [-0.25, -0.2) is 0 Å². The Bertz CT molecular complexity index is 598. The van der Waals surface area contributed by atoms with Gasteiger partial charge in [-0.3, -0.25) is 14.9 Å². The third-order valence-corrected chi connectivity index (χ3v) is 4.07. The largest absolute Gasteiger partial charge is 0.332 e. The first-order chi connectivity index (χ1) is 10.5. The van der Waals surface area contributed by atoms with E-state index >= 15 is 0 Å². The molecule has 1 aromatic rings. The summed E-state index contributed by atoms with van der Waals surface area (Å²) in [4.78, 5) is 22.2. The van der Waals surface area contributed by atoms with Crippen molar-refractivity contribution >= 4 is 34.6 Å². The van der Waals surface area contributed by atoms with E-state index in [1.807, 2.05) is 0 Å². The normalized spacial score (nSPS) is 14.6. The van der Waals surface area contributed by atoms with Gasteiger partial charge in [-0.15, -0.1) is 0 Å². The fraction of sp³-hybridized carbons (Fsp3) is 0.467. The van der Waals surface area contributed by atoms with Crippen LogP contribution in [0.25, 0.3) is 0 Å². The summed E-state index contributed by atoms with van der Waals surface area (Å²) >= 11 is 5.12. The van der Waals surface area contributed by atoms with Gasteiger partial charge >= 0.3 is 0 Å². The van der Waals surface area contributed by atoms with Crippen LogP contribution in [0.2, 0.25) is 0 Å². The SMILES string of the molecule is Cc1cc([N+](=O)[O-])ccc1NC(=S)NC(=O)CC1CCCC1. The van der Waals surface area contributed by atoms with Crippen molar-refractivity contribution in [2.45, 2.75) is 39.0 Å². The van der Waals surface area contributed by atoms with Crippen molar-refractivity contribution in [1.29, 1.82) is 0 Å². The standard InChI is InChI=1S/C15H19N3O3S/c1-10-8-12(18(20)21)6-7-13(10)16-15(22)17-14(19)9-11-4-2-3-5-11/h6-8,11H,2-5,9H2,1H3,(H2,16,17,19,22). The predicted molar refractivity (Wildman–Crippen MR) is 88.8 cm³/mol. The number of hydrogen-bond acceptors (Lipinski definition) is 4. The van der Waals surface area contributed by atoms with E-state index < -0.39 is 4.92 Å². The minimum Gasteiger partial charge on any atom is -0.332 e. The molecule has 1 fully saturated rings. The van der Waals surface area contributed by atoms with Gasteiger partial charge in [-0.05, 0) is 49.5 Å². The van der Waals surface area contributed by atoms with Crippen molar-refractivity contribution in [3.8, 4) is 0 Å². The van der Waals surface area contributed by atoms with Crippen LogP contribution in [0.1, 0.15) is 37.7 Å². The molecule has 0 saturated heterocycles. The monoisotopic (exact) mass is 321 g/mol. The molecule has 1 aliphatic carbocycles. The van der Waals surface area contributed by atoms with E-state index in [0.717, 1.165) is 12.8 Å². The number of rotatable bonds is 4. The Labute approximate surface area is 134 Å². The van der Waals surface area contributed by atoms with Gasteiger partial charge in [-0.2, -0.15) is 0 Å². The average Bonchev–Trinajstić information content (AvgIpc) is 2.93. The Kier molecular flexibility index (Phi) is 5.43. The summed E-state index contributed by atoms with van der Waals surface area (Å²) in [5.74, 6) is 0.382. The van der Waals surface area contributed by atoms with E-state index in [1.165, 1.54) is 25.0 Å². The lowest BCUT2D eigenvalue weighted by molar-refractivity contribution is -0.384. The zero-order chi connectivity index (χ0) is 16.1. The molecule has 2 N–H and O–H groups in total. The Morgan fingerprint density at radius 1 is 1.41 bits per heavy atom. The molecule has 0 bridgehead atoms. The number of carbonyl (C=O) groups is 1. The predicted octanol–water partition coefficient (Wildman–Crippen LogP) is 3.30. The number of thiocarbonyl (C=S) groups is 1. The number of benzene rings is 1. The highest BCUT2D eigenvalue weighted by Crippen LogP contribution is 2.27. The second-order valence-corrected chi connectivity index (χ2v) is 6.02. The molecular formula is C15H19N3O3S. The Hall–Kier alpha value is -2.02.